The average Bonchev–Trinajstić information content (AvgIpc) is 2.33. The standard InChI is InChI=1S/C11H23N3O2S/c1-10(11-3-6-12-7-4-11)9-14-8-2-5-13-17(14,15)16/h10-13H,2-9H2,1H3. The summed E-state index contributed by atoms with van der Waals surface area (Å²) in [5.41, 5.74) is 0. The second-order valence-electron chi connectivity index (χ2n) is 5.18. The van der Waals surface area contributed by atoms with Crippen molar-refractivity contribution in [2.45, 2.75) is 26.2 Å². The van der Waals surface area contributed by atoms with Crippen molar-refractivity contribution in [2.24, 2.45) is 11.8 Å². The highest BCUT2D eigenvalue weighted by Gasteiger charge is 2.29. The third-order valence-electron chi connectivity index (χ3n) is 3.89. The topological polar surface area (TPSA) is 61.4 Å². The molecule has 0 bridgehead atoms. The zero-order chi connectivity index (χ0) is 12.3. The van der Waals surface area contributed by atoms with Crippen molar-refractivity contribution in [3.8, 4) is 0 Å². The summed E-state index contributed by atoms with van der Waals surface area (Å²) >= 11 is 0. The summed E-state index contributed by atoms with van der Waals surface area (Å²) in [5.74, 6) is 1.11. The molecule has 0 aliphatic carbocycles. The number of nitrogens with zero attached hydrogens (tertiary/aromatic N) is 1. The van der Waals surface area contributed by atoms with Crippen molar-refractivity contribution in [2.75, 3.05) is 32.7 Å². The van der Waals surface area contributed by atoms with Crippen molar-refractivity contribution in [1.82, 2.24) is 14.3 Å². The number of hydrogen-bond donors (Lipinski definition) is 2. The first-order valence-electron chi connectivity index (χ1n) is 6.55. The smallest absolute Gasteiger partial charge is 0.279 e. The molecule has 0 aromatic heterocycles. The first-order chi connectivity index (χ1) is 8.09. The molecule has 100 valence electrons. The minimum atomic E-state index is -3.19. The summed E-state index contributed by atoms with van der Waals surface area (Å²) in [4.78, 5) is 0. The maximum absolute atomic E-state index is 11.8. The van der Waals surface area contributed by atoms with Crippen LogP contribution in [-0.2, 0) is 10.2 Å². The van der Waals surface area contributed by atoms with Crippen LogP contribution in [0.1, 0.15) is 26.2 Å². The van der Waals surface area contributed by atoms with Crippen LogP contribution in [0.5, 0.6) is 0 Å². The van der Waals surface area contributed by atoms with Gasteiger partial charge in [-0.3, -0.25) is 0 Å². The van der Waals surface area contributed by atoms with E-state index in [-0.39, 0.29) is 0 Å². The van der Waals surface area contributed by atoms with Crippen LogP contribution in [0, 0.1) is 11.8 Å². The van der Waals surface area contributed by atoms with Crippen molar-refractivity contribution in [3.63, 3.8) is 0 Å². The molecule has 2 heterocycles. The summed E-state index contributed by atoms with van der Waals surface area (Å²) in [6.45, 7) is 6.24. The molecule has 0 aromatic rings. The lowest BCUT2D eigenvalue weighted by atomic mass is 9.86. The summed E-state index contributed by atoms with van der Waals surface area (Å²) < 4.78 is 27.8. The van der Waals surface area contributed by atoms with Crippen LogP contribution < -0.4 is 10.0 Å². The lowest BCUT2D eigenvalue weighted by Gasteiger charge is -2.33. The Balaban J connectivity index is 1.90. The fourth-order valence-electron chi connectivity index (χ4n) is 2.74. The number of nitrogens with one attached hydrogen (secondary N) is 2. The Hall–Kier alpha value is -0.170. The molecule has 0 radical (unpaired) electrons. The lowest BCUT2D eigenvalue weighted by molar-refractivity contribution is 0.226. The predicted molar refractivity (Wildman–Crippen MR) is 67.9 cm³/mol. The van der Waals surface area contributed by atoms with Crippen LogP contribution in [0.15, 0.2) is 0 Å². The van der Waals surface area contributed by atoms with Gasteiger partial charge in [-0.15, -0.1) is 0 Å². The first-order valence-corrected chi connectivity index (χ1v) is 7.99. The summed E-state index contributed by atoms with van der Waals surface area (Å²) in [6.07, 6.45) is 3.25. The molecule has 5 nitrogen and oxygen atoms in total. The number of rotatable bonds is 3. The van der Waals surface area contributed by atoms with Crippen molar-refractivity contribution in [3.05, 3.63) is 0 Å². The Morgan fingerprint density at radius 1 is 1.29 bits per heavy atom. The molecule has 0 saturated carbocycles. The Morgan fingerprint density at radius 3 is 2.65 bits per heavy atom. The van der Waals surface area contributed by atoms with E-state index < -0.39 is 10.2 Å². The summed E-state index contributed by atoms with van der Waals surface area (Å²) in [7, 11) is -3.19. The van der Waals surface area contributed by atoms with Gasteiger partial charge in [0, 0.05) is 19.6 Å². The van der Waals surface area contributed by atoms with Crippen LogP contribution in [0.2, 0.25) is 0 Å². The van der Waals surface area contributed by atoms with E-state index in [1.165, 1.54) is 12.8 Å². The Kier molecular flexibility index (Phi) is 4.41. The SMILES string of the molecule is CC(CN1CCCNS1(=O)=O)C1CCNCC1. The Bertz CT molecular complexity index is 339. The van der Waals surface area contributed by atoms with Gasteiger partial charge in [0.25, 0.3) is 10.2 Å². The lowest BCUT2D eigenvalue weighted by Crippen LogP contribution is -2.49. The molecule has 0 spiro atoms. The molecule has 2 rings (SSSR count). The maximum Gasteiger partial charge on any atom is 0.279 e. The molecule has 2 fully saturated rings. The highest BCUT2D eigenvalue weighted by Crippen LogP contribution is 2.23. The van der Waals surface area contributed by atoms with Crippen LogP contribution in [0.25, 0.3) is 0 Å². The Labute approximate surface area is 104 Å². The van der Waals surface area contributed by atoms with Crippen molar-refractivity contribution >= 4 is 10.2 Å². The highest BCUT2D eigenvalue weighted by atomic mass is 32.2. The monoisotopic (exact) mass is 261 g/mol. The van der Waals surface area contributed by atoms with Crippen LogP contribution >= 0.6 is 0 Å². The minimum absolute atomic E-state index is 0.451. The largest absolute Gasteiger partial charge is 0.317 e. The quantitative estimate of drug-likeness (QED) is 0.761. The zero-order valence-corrected chi connectivity index (χ0v) is 11.3. The van der Waals surface area contributed by atoms with Crippen LogP contribution in [-0.4, -0.2) is 45.4 Å². The van der Waals surface area contributed by atoms with Crippen molar-refractivity contribution < 1.29 is 8.42 Å². The summed E-state index contributed by atoms with van der Waals surface area (Å²) in [6, 6.07) is 0. The van der Waals surface area contributed by atoms with E-state index in [9.17, 15) is 8.42 Å². The van der Waals surface area contributed by atoms with Gasteiger partial charge in [-0.2, -0.15) is 12.7 Å². The summed E-state index contributed by atoms with van der Waals surface area (Å²) in [5, 5.41) is 3.35. The van der Waals surface area contributed by atoms with Gasteiger partial charge >= 0.3 is 0 Å². The number of hydrogen-bond acceptors (Lipinski definition) is 3. The van der Waals surface area contributed by atoms with E-state index in [0.717, 1.165) is 19.5 Å². The molecule has 2 aliphatic rings. The molecule has 1 atom stereocenters. The average molecular weight is 261 g/mol. The second-order valence-corrected chi connectivity index (χ2v) is 6.93. The van der Waals surface area contributed by atoms with Gasteiger partial charge in [-0.1, -0.05) is 6.92 Å². The van der Waals surface area contributed by atoms with Gasteiger partial charge in [0.2, 0.25) is 0 Å². The molecule has 1 unspecified atom stereocenters. The molecular formula is C11H23N3O2S. The van der Waals surface area contributed by atoms with Gasteiger partial charge in [0.05, 0.1) is 0 Å². The molecular weight excluding hydrogens is 238 g/mol. The number of piperidine rings is 1. The zero-order valence-electron chi connectivity index (χ0n) is 10.5. The maximum atomic E-state index is 11.8. The fraction of sp³-hybridized carbons (Fsp3) is 1.00. The first kappa shape index (κ1) is 13.3. The molecule has 2 aliphatic heterocycles. The normalized spacial score (nSPS) is 29.0. The van der Waals surface area contributed by atoms with E-state index in [0.29, 0.717) is 31.5 Å². The van der Waals surface area contributed by atoms with E-state index in [4.69, 9.17) is 0 Å². The van der Waals surface area contributed by atoms with Crippen LogP contribution in [0.3, 0.4) is 0 Å². The fourth-order valence-corrected chi connectivity index (χ4v) is 4.13. The molecule has 2 N–H and O–H groups in total. The second kappa shape index (κ2) is 5.65. The highest BCUT2D eigenvalue weighted by molar-refractivity contribution is 7.87. The van der Waals surface area contributed by atoms with E-state index >= 15 is 0 Å². The Morgan fingerprint density at radius 2 is 2.00 bits per heavy atom. The minimum Gasteiger partial charge on any atom is -0.317 e. The third kappa shape index (κ3) is 3.40. The van der Waals surface area contributed by atoms with Gasteiger partial charge in [0.1, 0.15) is 0 Å². The van der Waals surface area contributed by atoms with Gasteiger partial charge in [0.15, 0.2) is 0 Å². The van der Waals surface area contributed by atoms with Crippen LogP contribution in [0.4, 0.5) is 0 Å². The predicted octanol–water partition coefficient (Wildman–Crippen LogP) is 0.162. The van der Waals surface area contributed by atoms with E-state index in [1.54, 1.807) is 4.31 Å². The molecule has 0 amide bonds. The third-order valence-corrected chi connectivity index (χ3v) is 5.47. The van der Waals surface area contributed by atoms with E-state index in [2.05, 4.69) is 17.0 Å². The van der Waals surface area contributed by atoms with Gasteiger partial charge in [-0.05, 0) is 44.2 Å². The van der Waals surface area contributed by atoms with E-state index in [1.807, 2.05) is 0 Å². The molecule has 17 heavy (non-hydrogen) atoms. The molecule has 6 heteroatoms. The van der Waals surface area contributed by atoms with Gasteiger partial charge < -0.3 is 5.32 Å². The van der Waals surface area contributed by atoms with Crippen molar-refractivity contribution in [1.29, 1.82) is 0 Å². The molecule has 2 saturated heterocycles. The van der Waals surface area contributed by atoms with Gasteiger partial charge in [-0.25, -0.2) is 4.72 Å². The molecule has 0 aromatic carbocycles.